The van der Waals surface area contributed by atoms with Gasteiger partial charge in [0.15, 0.2) is 0 Å². The van der Waals surface area contributed by atoms with E-state index in [1.54, 1.807) is 6.08 Å². The quantitative estimate of drug-likeness (QED) is 0.713. The molecule has 0 heterocycles. The van der Waals surface area contributed by atoms with Gasteiger partial charge in [-0.3, -0.25) is 4.90 Å². The highest BCUT2D eigenvalue weighted by atomic mass is 16.5. The largest absolute Gasteiger partial charge is 0.505 e. The van der Waals surface area contributed by atoms with Crippen LogP contribution in [0.3, 0.4) is 0 Å². The maximum atomic E-state index is 11.0. The number of rotatable bonds is 3. The Labute approximate surface area is 85.2 Å². The number of hydrogen-bond donors (Lipinski definition) is 1. The van der Waals surface area contributed by atoms with Gasteiger partial charge in [-0.25, -0.2) is 4.79 Å². The van der Waals surface area contributed by atoms with Crippen LogP contribution in [0.2, 0.25) is 0 Å². The van der Waals surface area contributed by atoms with E-state index in [0.29, 0.717) is 0 Å². The molecule has 0 fully saturated rings. The lowest BCUT2D eigenvalue weighted by atomic mass is 10.0. The first-order valence-electron chi connectivity index (χ1n) is 4.52. The standard InChI is InChI=1S/C10H19NO3/c1-8(6-7-14-5)11(9(12)13)10(2,3)4/h6-8H,1-5H3,(H,12,13)/b7-6+/t8-/m0/s1. The molecule has 0 saturated carbocycles. The zero-order valence-electron chi connectivity index (χ0n) is 9.44. The lowest BCUT2D eigenvalue weighted by Gasteiger charge is -2.36. The molecule has 0 aromatic carbocycles. The van der Waals surface area contributed by atoms with E-state index in [2.05, 4.69) is 0 Å². The van der Waals surface area contributed by atoms with Crippen molar-refractivity contribution >= 4 is 6.09 Å². The van der Waals surface area contributed by atoms with Crippen LogP contribution in [0.15, 0.2) is 12.3 Å². The van der Waals surface area contributed by atoms with Crippen LogP contribution in [-0.4, -0.2) is 34.8 Å². The van der Waals surface area contributed by atoms with Crippen LogP contribution >= 0.6 is 0 Å². The molecule has 0 aliphatic rings. The number of hydrogen-bond acceptors (Lipinski definition) is 2. The highest BCUT2D eigenvalue weighted by molar-refractivity contribution is 5.66. The fourth-order valence-electron chi connectivity index (χ4n) is 1.35. The normalized spacial score (nSPS) is 14.1. The van der Waals surface area contributed by atoms with Crippen LogP contribution in [0.25, 0.3) is 0 Å². The number of methoxy groups -OCH3 is 1. The van der Waals surface area contributed by atoms with Crippen molar-refractivity contribution in [3.05, 3.63) is 12.3 Å². The van der Waals surface area contributed by atoms with Crippen LogP contribution in [0.1, 0.15) is 27.7 Å². The van der Waals surface area contributed by atoms with Crippen LogP contribution < -0.4 is 0 Å². The fourth-order valence-corrected chi connectivity index (χ4v) is 1.35. The summed E-state index contributed by atoms with van der Waals surface area (Å²) in [6.07, 6.45) is 2.27. The molecular formula is C10H19NO3. The van der Waals surface area contributed by atoms with Crippen LogP contribution in [0.4, 0.5) is 4.79 Å². The van der Waals surface area contributed by atoms with E-state index in [4.69, 9.17) is 9.84 Å². The number of ether oxygens (including phenoxy) is 1. The highest BCUT2D eigenvalue weighted by Crippen LogP contribution is 2.17. The minimum atomic E-state index is -0.925. The number of amides is 1. The van der Waals surface area contributed by atoms with Crippen molar-refractivity contribution in [1.29, 1.82) is 0 Å². The Hall–Kier alpha value is -1.19. The summed E-state index contributed by atoms with van der Waals surface area (Å²) in [4.78, 5) is 12.4. The molecule has 1 atom stereocenters. The van der Waals surface area contributed by atoms with Crippen LogP contribution in [0.5, 0.6) is 0 Å². The summed E-state index contributed by atoms with van der Waals surface area (Å²) in [7, 11) is 1.53. The SMILES string of the molecule is CO/C=C/[C@H](C)N(C(=O)O)C(C)(C)C. The molecule has 0 rings (SSSR count). The minimum absolute atomic E-state index is 0.201. The second-order valence-electron chi connectivity index (χ2n) is 4.13. The first-order valence-corrected chi connectivity index (χ1v) is 4.52. The summed E-state index contributed by atoms with van der Waals surface area (Å²) in [6, 6.07) is -0.201. The Morgan fingerprint density at radius 3 is 2.29 bits per heavy atom. The van der Waals surface area contributed by atoms with Gasteiger partial charge < -0.3 is 9.84 Å². The molecule has 4 heteroatoms. The molecule has 0 aliphatic heterocycles. The van der Waals surface area contributed by atoms with Gasteiger partial charge in [0, 0.05) is 5.54 Å². The first kappa shape index (κ1) is 12.8. The van der Waals surface area contributed by atoms with Gasteiger partial charge >= 0.3 is 6.09 Å². The predicted octanol–water partition coefficient (Wildman–Crippen LogP) is 2.31. The van der Waals surface area contributed by atoms with E-state index in [1.165, 1.54) is 18.3 Å². The van der Waals surface area contributed by atoms with E-state index in [1.807, 2.05) is 27.7 Å². The van der Waals surface area contributed by atoms with E-state index in [0.717, 1.165) is 0 Å². The van der Waals surface area contributed by atoms with Gasteiger partial charge in [-0.2, -0.15) is 0 Å². The predicted molar refractivity (Wildman–Crippen MR) is 55.2 cm³/mol. The lowest BCUT2D eigenvalue weighted by Crippen LogP contribution is -2.49. The van der Waals surface area contributed by atoms with Gasteiger partial charge in [-0.05, 0) is 33.8 Å². The van der Waals surface area contributed by atoms with Crippen molar-refractivity contribution in [3.63, 3.8) is 0 Å². The maximum Gasteiger partial charge on any atom is 0.408 e. The molecule has 0 bridgehead atoms. The van der Waals surface area contributed by atoms with Crippen molar-refractivity contribution in [1.82, 2.24) is 4.90 Å². The minimum Gasteiger partial charge on any atom is -0.505 e. The summed E-state index contributed by atoms with van der Waals surface area (Å²) in [6.45, 7) is 7.39. The van der Waals surface area contributed by atoms with Gasteiger partial charge in [-0.15, -0.1) is 0 Å². The number of carboxylic acid groups (broad SMARTS) is 1. The molecule has 0 spiro atoms. The average molecular weight is 201 g/mol. The molecule has 1 N–H and O–H groups in total. The molecule has 0 aliphatic carbocycles. The van der Waals surface area contributed by atoms with Gasteiger partial charge in [0.25, 0.3) is 0 Å². The third-order valence-electron chi connectivity index (χ3n) is 1.83. The van der Waals surface area contributed by atoms with E-state index < -0.39 is 11.6 Å². The molecule has 0 radical (unpaired) electrons. The Morgan fingerprint density at radius 1 is 1.50 bits per heavy atom. The fraction of sp³-hybridized carbons (Fsp3) is 0.700. The average Bonchev–Trinajstić information content (AvgIpc) is 1.97. The second kappa shape index (κ2) is 4.88. The topological polar surface area (TPSA) is 49.8 Å². The Bertz CT molecular complexity index is 218. The third-order valence-corrected chi connectivity index (χ3v) is 1.83. The third kappa shape index (κ3) is 3.68. The maximum absolute atomic E-state index is 11.0. The Kier molecular flexibility index (Phi) is 4.47. The second-order valence-corrected chi connectivity index (χ2v) is 4.13. The lowest BCUT2D eigenvalue weighted by molar-refractivity contribution is 0.0871. The van der Waals surface area contributed by atoms with Crippen LogP contribution in [0, 0.1) is 0 Å². The van der Waals surface area contributed by atoms with E-state index in [-0.39, 0.29) is 6.04 Å². The summed E-state index contributed by atoms with van der Waals surface area (Å²) in [5.74, 6) is 0. The molecule has 0 unspecified atom stereocenters. The summed E-state index contributed by atoms with van der Waals surface area (Å²) in [5.41, 5.74) is -0.413. The number of nitrogens with zero attached hydrogens (tertiary/aromatic N) is 1. The van der Waals surface area contributed by atoms with Gasteiger partial charge in [0.05, 0.1) is 19.4 Å². The monoisotopic (exact) mass is 201 g/mol. The smallest absolute Gasteiger partial charge is 0.408 e. The van der Waals surface area contributed by atoms with Crippen LogP contribution in [-0.2, 0) is 4.74 Å². The molecule has 4 nitrogen and oxygen atoms in total. The Morgan fingerprint density at radius 2 is 2.00 bits per heavy atom. The molecule has 0 aromatic rings. The summed E-state index contributed by atoms with van der Waals surface area (Å²) in [5, 5.41) is 9.03. The highest BCUT2D eigenvalue weighted by Gasteiger charge is 2.29. The van der Waals surface area contributed by atoms with Crippen molar-refractivity contribution in [2.75, 3.05) is 7.11 Å². The molecule has 0 saturated heterocycles. The molecule has 0 aromatic heterocycles. The van der Waals surface area contributed by atoms with E-state index in [9.17, 15) is 4.79 Å². The van der Waals surface area contributed by atoms with Crippen molar-refractivity contribution in [2.24, 2.45) is 0 Å². The van der Waals surface area contributed by atoms with Gasteiger partial charge in [0.2, 0.25) is 0 Å². The van der Waals surface area contributed by atoms with Gasteiger partial charge in [0.1, 0.15) is 0 Å². The number of carbonyl (C=O) groups is 1. The Balaban J connectivity index is 4.67. The van der Waals surface area contributed by atoms with Crippen molar-refractivity contribution in [2.45, 2.75) is 39.3 Å². The zero-order valence-corrected chi connectivity index (χ0v) is 9.44. The summed E-state index contributed by atoms with van der Waals surface area (Å²) < 4.78 is 4.75. The molecule has 1 amide bonds. The zero-order chi connectivity index (χ0) is 11.4. The molecule has 14 heavy (non-hydrogen) atoms. The first-order chi connectivity index (χ1) is 6.30. The van der Waals surface area contributed by atoms with Crippen molar-refractivity contribution in [3.8, 4) is 0 Å². The van der Waals surface area contributed by atoms with Gasteiger partial charge in [-0.1, -0.05) is 0 Å². The summed E-state index contributed by atoms with van der Waals surface area (Å²) >= 11 is 0. The molecule has 82 valence electrons. The van der Waals surface area contributed by atoms with Crippen molar-refractivity contribution < 1.29 is 14.6 Å². The van der Waals surface area contributed by atoms with E-state index >= 15 is 0 Å². The molecular weight excluding hydrogens is 182 g/mol.